The molecule has 7 heteroatoms. The highest BCUT2D eigenvalue weighted by Gasteiger charge is 2.52. The van der Waals surface area contributed by atoms with Gasteiger partial charge < -0.3 is 18.9 Å². The minimum Gasteiger partial charge on any atom is -0.448 e. The molecule has 43 heavy (non-hydrogen) atoms. The molecule has 3 fully saturated rings. The lowest BCUT2D eigenvalue weighted by Crippen LogP contribution is -2.56. The Morgan fingerprint density at radius 1 is 0.837 bits per heavy atom. The molecule has 2 bridgehead atoms. The van der Waals surface area contributed by atoms with E-state index in [0.717, 1.165) is 24.7 Å². The summed E-state index contributed by atoms with van der Waals surface area (Å²) >= 11 is 0. The fourth-order valence-corrected chi connectivity index (χ4v) is 7.62. The van der Waals surface area contributed by atoms with Crippen LogP contribution >= 0.6 is 0 Å². The number of piperidine rings is 2. The van der Waals surface area contributed by atoms with Crippen LogP contribution in [-0.4, -0.2) is 53.8 Å². The van der Waals surface area contributed by atoms with E-state index in [0.29, 0.717) is 25.0 Å². The summed E-state index contributed by atoms with van der Waals surface area (Å²) in [7, 11) is -0.507. The number of fused-ring (bicyclic) bond motifs is 5. The molecule has 0 N–H and O–H groups in total. The number of rotatable bonds is 5. The maximum Gasteiger partial charge on any atom is 0.494 e. The molecular formula is C36H40BNO5. The molecule has 2 atom stereocenters. The number of amides is 1. The molecule has 2 unspecified atom stereocenters. The zero-order valence-electron chi connectivity index (χ0n) is 25.5. The monoisotopic (exact) mass is 577 g/mol. The third-order valence-corrected chi connectivity index (χ3v) is 10.6. The SMILES string of the molecule is CC1(C)OB(c2cccc(C(=O)C3CC4CCCC(C3)N4C(=O)OCC3c4ccccc4-c4ccccc43)c2)OC1(C)C. The molecule has 3 aromatic carbocycles. The van der Waals surface area contributed by atoms with Crippen LogP contribution in [0.4, 0.5) is 4.79 Å². The molecular weight excluding hydrogens is 537 g/mol. The smallest absolute Gasteiger partial charge is 0.448 e. The van der Waals surface area contributed by atoms with Gasteiger partial charge in [0.15, 0.2) is 5.78 Å². The van der Waals surface area contributed by atoms with Crippen LogP contribution in [0.1, 0.15) is 87.2 Å². The Bertz CT molecular complexity index is 1490. The van der Waals surface area contributed by atoms with E-state index in [2.05, 4.69) is 48.5 Å². The normalized spacial score (nSPS) is 25.3. The van der Waals surface area contributed by atoms with E-state index in [1.807, 2.05) is 56.9 Å². The van der Waals surface area contributed by atoms with Crippen LogP contribution in [0.15, 0.2) is 72.8 Å². The maximum atomic E-state index is 13.8. The van der Waals surface area contributed by atoms with Crippen molar-refractivity contribution < 1.29 is 23.6 Å². The summed E-state index contributed by atoms with van der Waals surface area (Å²) in [4.78, 5) is 29.4. The highest BCUT2D eigenvalue weighted by Crippen LogP contribution is 2.45. The first-order valence-corrected chi connectivity index (χ1v) is 15.8. The number of hydrogen-bond donors (Lipinski definition) is 0. The molecule has 3 heterocycles. The van der Waals surface area contributed by atoms with Crippen molar-refractivity contribution in [2.75, 3.05) is 6.61 Å². The second-order valence-corrected chi connectivity index (χ2v) is 13.7. The van der Waals surface area contributed by atoms with Gasteiger partial charge in [-0.15, -0.1) is 0 Å². The molecule has 3 aliphatic heterocycles. The molecule has 7 rings (SSSR count). The number of hydrogen-bond acceptors (Lipinski definition) is 5. The predicted molar refractivity (Wildman–Crippen MR) is 168 cm³/mol. The van der Waals surface area contributed by atoms with E-state index in [1.54, 1.807) is 0 Å². The van der Waals surface area contributed by atoms with Gasteiger partial charge in [-0.2, -0.15) is 0 Å². The molecule has 0 spiro atoms. The van der Waals surface area contributed by atoms with Crippen LogP contribution in [0, 0.1) is 5.92 Å². The van der Waals surface area contributed by atoms with Gasteiger partial charge in [-0.3, -0.25) is 4.79 Å². The number of ketones is 1. The van der Waals surface area contributed by atoms with Crippen molar-refractivity contribution in [1.82, 2.24) is 4.90 Å². The topological polar surface area (TPSA) is 65.1 Å². The zero-order valence-corrected chi connectivity index (χ0v) is 25.5. The summed E-state index contributed by atoms with van der Waals surface area (Å²) in [6.07, 6.45) is 3.96. The van der Waals surface area contributed by atoms with Crippen LogP contribution in [0.2, 0.25) is 0 Å². The molecule has 222 valence electrons. The van der Waals surface area contributed by atoms with Crippen molar-refractivity contribution in [2.45, 2.75) is 89.0 Å². The Hall–Kier alpha value is -3.42. The molecule has 0 saturated carbocycles. The molecule has 1 amide bonds. The quantitative estimate of drug-likeness (QED) is 0.248. The molecule has 6 nitrogen and oxygen atoms in total. The second-order valence-electron chi connectivity index (χ2n) is 13.7. The number of benzene rings is 3. The minimum absolute atomic E-state index is 0.0170. The van der Waals surface area contributed by atoms with Gasteiger partial charge in [0.1, 0.15) is 6.61 Å². The first-order chi connectivity index (χ1) is 20.6. The summed E-state index contributed by atoms with van der Waals surface area (Å²) in [5.41, 5.74) is 5.52. The van der Waals surface area contributed by atoms with Crippen molar-refractivity contribution >= 4 is 24.5 Å². The van der Waals surface area contributed by atoms with Crippen molar-refractivity contribution in [3.05, 3.63) is 89.5 Å². The molecule has 3 saturated heterocycles. The van der Waals surface area contributed by atoms with Crippen molar-refractivity contribution in [2.24, 2.45) is 5.92 Å². The van der Waals surface area contributed by atoms with E-state index in [-0.39, 0.29) is 35.8 Å². The molecule has 0 aromatic heterocycles. The van der Waals surface area contributed by atoms with Crippen LogP contribution in [0.5, 0.6) is 0 Å². The van der Waals surface area contributed by atoms with Crippen molar-refractivity contribution in [1.29, 1.82) is 0 Å². The predicted octanol–water partition coefficient (Wildman–Crippen LogP) is 6.75. The van der Waals surface area contributed by atoms with E-state index in [4.69, 9.17) is 14.0 Å². The lowest BCUT2D eigenvalue weighted by molar-refractivity contribution is 0.00578. The Balaban J connectivity index is 1.03. The number of ether oxygens (including phenoxy) is 1. The molecule has 1 aliphatic carbocycles. The van der Waals surface area contributed by atoms with E-state index < -0.39 is 18.3 Å². The van der Waals surface area contributed by atoms with E-state index in [9.17, 15) is 9.59 Å². The summed E-state index contributed by atoms with van der Waals surface area (Å²) in [6.45, 7) is 8.45. The second kappa shape index (κ2) is 10.6. The van der Waals surface area contributed by atoms with Crippen molar-refractivity contribution in [3.8, 4) is 11.1 Å². The van der Waals surface area contributed by atoms with Gasteiger partial charge in [0, 0.05) is 29.5 Å². The van der Waals surface area contributed by atoms with Gasteiger partial charge in [0.25, 0.3) is 0 Å². The Kier molecular flexibility index (Phi) is 7.02. The van der Waals surface area contributed by atoms with Gasteiger partial charge in [0.2, 0.25) is 0 Å². The molecule has 3 aromatic rings. The Morgan fingerprint density at radius 3 is 2.02 bits per heavy atom. The highest BCUT2D eigenvalue weighted by molar-refractivity contribution is 6.62. The van der Waals surface area contributed by atoms with Crippen LogP contribution < -0.4 is 5.46 Å². The summed E-state index contributed by atoms with van der Waals surface area (Å²) < 4.78 is 18.6. The maximum absolute atomic E-state index is 13.8. The fraction of sp³-hybridized carbons (Fsp3) is 0.444. The molecule has 0 radical (unpaired) electrons. The standard InChI is InChI=1S/C36H40BNO5/c1-35(2)36(3,4)43-37(42-35)25-12-9-11-23(19-25)33(39)24-20-26-13-10-14-27(21-24)38(26)34(40)41-22-32-30-17-7-5-15-28(30)29-16-6-8-18-31(29)32/h5-9,11-12,15-19,24,26-27,32H,10,13-14,20-22H2,1-4H3. The van der Waals surface area contributed by atoms with E-state index in [1.165, 1.54) is 22.3 Å². The van der Waals surface area contributed by atoms with Crippen LogP contribution in [0.25, 0.3) is 11.1 Å². The fourth-order valence-electron chi connectivity index (χ4n) is 7.62. The summed E-state index contributed by atoms with van der Waals surface area (Å²) in [6, 6.07) is 24.5. The first-order valence-electron chi connectivity index (χ1n) is 15.8. The number of carbonyl (C=O) groups is 2. The average molecular weight is 578 g/mol. The van der Waals surface area contributed by atoms with Gasteiger partial charge in [-0.05, 0) is 87.5 Å². The summed E-state index contributed by atoms with van der Waals surface area (Å²) in [5.74, 6) is 0.0514. The number of nitrogens with zero attached hydrogens (tertiary/aromatic N) is 1. The van der Waals surface area contributed by atoms with Crippen molar-refractivity contribution in [3.63, 3.8) is 0 Å². The third kappa shape index (κ3) is 4.91. The van der Waals surface area contributed by atoms with Gasteiger partial charge in [-0.1, -0.05) is 72.8 Å². The Labute approximate surface area is 254 Å². The summed E-state index contributed by atoms with van der Waals surface area (Å²) in [5, 5.41) is 0. The van der Waals surface area contributed by atoms with Gasteiger partial charge in [0.05, 0.1) is 11.2 Å². The largest absolute Gasteiger partial charge is 0.494 e. The number of Topliss-reactive ketones (excluding diaryl/α,β-unsaturated/α-hetero) is 1. The first kappa shape index (κ1) is 28.4. The highest BCUT2D eigenvalue weighted by atomic mass is 16.7. The number of carbonyl (C=O) groups excluding carboxylic acids is 2. The minimum atomic E-state index is -0.507. The third-order valence-electron chi connectivity index (χ3n) is 10.6. The lowest BCUT2D eigenvalue weighted by Gasteiger charge is -2.47. The van der Waals surface area contributed by atoms with Crippen LogP contribution in [-0.2, 0) is 14.0 Å². The average Bonchev–Trinajstić information content (AvgIpc) is 3.43. The lowest BCUT2D eigenvalue weighted by atomic mass is 9.74. The molecule has 4 aliphatic rings. The van der Waals surface area contributed by atoms with Gasteiger partial charge >= 0.3 is 13.2 Å². The van der Waals surface area contributed by atoms with Gasteiger partial charge in [-0.25, -0.2) is 4.79 Å². The van der Waals surface area contributed by atoms with E-state index >= 15 is 0 Å². The van der Waals surface area contributed by atoms with Crippen LogP contribution in [0.3, 0.4) is 0 Å². The zero-order chi connectivity index (χ0) is 29.9. The Morgan fingerprint density at radius 2 is 1.42 bits per heavy atom.